The van der Waals surface area contributed by atoms with Gasteiger partial charge in [0.2, 0.25) is 0 Å². The first-order chi connectivity index (χ1) is 8.58. The zero-order valence-corrected chi connectivity index (χ0v) is 12.0. The lowest BCUT2D eigenvalue weighted by atomic mass is 10.00. The molecule has 0 N–H and O–H groups in total. The number of Topliss-reactive ketones (excluding diaryl/α,β-unsaturated/α-hetero) is 1. The number of carbonyl (C=O) groups excluding carboxylic acids is 1. The first-order valence-electron chi connectivity index (χ1n) is 7.15. The summed E-state index contributed by atoms with van der Waals surface area (Å²) < 4.78 is 0. The number of carbonyl (C=O) groups is 1. The molecule has 0 saturated heterocycles. The van der Waals surface area contributed by atoms with Crippen LogP contribution in [-0.4, -0.2) is 5.78 Å². The monoisotopic (exact) mass is 246 g/mol. The van der Waals surface area contributed by atoms with Crippen molar-refractivity contribution in [2.45, 2.75) is 59.3 Å². The Kier molecular flexibility index (Phi) is 6.70. The molecule has 0 aliphatic carbocycles. The quantitative estimate of drug-likeness (QED) is 0.614. The third-order valence-electron chi connectivity index (χ3n) is 3.28. The van der Waals surface area contributed by atoms with Crippen LogP contribution in [0.5, 0.6) is 0 Å². The van der Waals surface area contributed by atoms with E-state index in [0.29, 0.717) is 5.78 Å². The van der Waals surface area contributed by atoms with Crippen LogP contribution < -0.4 is 0 Å². The third kappa shape index (κ3) is 6.58. The zero-order valence-electron chi connectivity index (χ0n) is 12.0. The molecule has 0 amide bonds. The van der Waals surface area contributed by atoms with Gasteiger partial charge in [0.1, 0.15) is 5.78 Å². The molecule has 0 heterocycles. The molecule has 0 radical (unpaired) electrons. The smallest absolute Gasteiger partial charge is 0.129 e. The lowest BCUT2D eigenvalue weighted by Crippen LogP contribution is -1.94. The highest BCUT2D eigenvalue weighted by Gasteiger charge is 1.99. The molecule has 1 aromatic rings. The van der Waals surface area contributed by atoms with Gasteiger partial charge in [-0.2, -0.15) is 0 Å². The van der Waals surface area contributed by atoms with E-state index in [1.54, 1.807) is 6.92 Å². The lowest BCUT2D eigenvalue weighted by Gasteiger charge is -2.06. The van der Waals surface area contributed by atoms with Crippen molar-refractivity contribution in [2.24, 2.45) is 5.92 Å². The van der Waals surface area contributed by atoms with Crippen LogP contribution in [0.1, 0.15) is 57.6 Å². The van der Waals surface area contributed by atoms with Crippen LogP contribution in [0.25, 0.3) is 0 Å². The number of rotatable bonds is 8. The van der Waals surface area contributed by atoms with Gasteiger partial charge < -0.3 is 4.79 Å². The van der Waals surface area contributed by atoms with Gasteiger partial charge in [-0.1, -0.05) is 38.1 Å². The summed E-state index contributed by atoms with van der Waals surface area (Å²) >= 11 is 0. The van der Waals surface area contributed by atoms with Gasteiger partial charge >= 0.3 is 0 Å². The van der Waals surface area contributed by atoms with E-state index in [0.717, 1.165) is 31.6 Å². The molecule has 0 spiro atoms. The Labute approximate surface area is 112 Å². The third-order valence-corrected chi connectivity index (χ3v) is 3.28. The molecule has 0 aromatic heterocycles. The Bertz CT molecular complexity index is 348. The molecule has 100 valence electrons. The standard InChI is InChI=1S/C17H26O/c1-14(2)8-9-17-12-10-16(11-13-17)7-5-4-6-15(3)18/h10-14H,4-9H2,1-3H3. The van der Waals surface area contributed by atoms with Crippen LogP contribution in [0.15, 0.2) is 24.3 Å². The summed E-state index contributed by atoms with van der Waals surface area (Å²) in [6, 6.07) is 8.98. The molecular weight excluding hydrogens is 220 g/mol. The fourth-order valence-electron chi connectivity index (χ4n) is 2.03. The highest BCUT2D eigenvalue weighted by molar-refractivity contribution is 5.75. The van der Waals surface area contributed by atoms with Crippen molar-refractivity contribution in [3.63, 3.8) is 0 Å². The fourth-order valence-corrected chi connectivity index (χ4v) is 2.03. The van der Waals surface area contributed by atoms with E-state index in [1.807, 2.05) is 0 Å². The molecule has 1 heteroatoms. The van der Waals surface area contributed by atoms with Gasteiger partial charge in [-0.05, 0) is 56.1 Å². The molecule has 18 heavy (non-hydrogen) atoms. The van der Waals surface area contributed by atoms with Gasteiger partial charge in [0.15, 0.2) is 0 Å². The predicted octanol–water partition coefficient (Wildman–Crippen LogP) is 4.58. The molecule has 0 atom stereocenters. The molecule has 1 nitrogen and oxygen atoms in total. The van der Waals surface area contributed by atoms with Gasteiger partial charge in [0.05, 0.1) is 0 Å². The van der Waals surface area contributed by atoms with E-state index in [-0.39, 0.29) is 0 Å². The minimum Gasteiger partial charge on any atom is -0.300 e. The molecule has 1 rings (SSSR count). The lowest BCUT2D eigenvalue weighted by molar-refractivity contribution is -0.117. The molecule has 0 aliphatic heterocycles. The van der Waals surface area contributed by atoms with Crippen LogP contribution >= 0.6 is 0 Å². The first-order valence-corrected chi connectivity index (χ1v) is 7.15. The topological polar surface area (TPSA) is 17.1 Å². The van der Waals surface area contributed by atoms with Crippen LogP contribution in [0.4, 0.5) is 0 Å². The predicted molar refractivity (Wildman–Crippen MR) is 77.8 cm³/mol. The molecule has 0 aliphatic rings. The number of hydrogen-bond acceptors (Lipinski definition) is 1. The Morgan fingerprint density at radius 1 is 1.00 bits per heavy atom. The molecule has 0 unspecified atom stereocenters. The van der Waals surface area contributed by atoms with E-state index >= 15 is 0 Å². The van der Waals surface area contributed by atoms with Crippen molar-refractivity contribution in [1.82, 2.24) is 0 Å². The highest BCUT2D eigenvalue weighted by atomic mass is 16.1. The van der Waals surface area contributed by atoms with E-state index in [9.17, 15) is 4.79 Å². The number of ketones is 1. The van der Waals surface area contributed by atoms with Crippen molar-refractivity contribution < 1.29 is 4.79 Å². The van der Waals surface area contributed by atoms with Crippen molar-refractivity contribution in [2.75, 3.05) is 0 Å². The maximum Gasteiger partial charge on any atom is 0.129 e. The van der Waals surface area contributed by atoms with Crippen LogP contribution in [0.3, 0.4) is 0 Å². The second-order valence-corrected chi connectivity index (χ2v) is 5.66. The number of hydrogen-bond donors (Lipinski definition) is 0. The van der Waals surface area contributed by atoms with E-state index in [4.69, 9.17) is 0 Å². The molecular formula is C17H26O. The number of unbranched alkanes of at least 4 members (excludes halogenated alkanes) is 1. The van der Waals surface area contributed by atoms with E-state index in [2.05, 4.69) is 38.1 Å². The summed E-state index contributed by atoms with van der Waals surface area (Å²) in [6.45, 7) is 6.20. The summed E-state index contributed by atoms with van der Waals surface area (Å²) in [5, 5.41) is 0. The van der Waals surface area contributed by atoms with Crippen LogP contribution in [0, 0.1) is 5.92 Å². The zero-order chi connectivity index (χ0) is 13.4. The summed E-state index contributed by atoms with van der Waals surface area (Å²) in [5.41, 5.74) is 2.84. The second kappa shape index (κ2) is 8.07. The van der Waals surface area contributed by atoms with Gasteiger partial charge in [-0.25, -0.2) is 0 Å². The molecule has 1 aromatic carbocycles. The Morgan fingerprint density at radius 2 is 1.56 bits per heavy atom. The summed E-state index contributed by atoms with van der Waals surface area (Å²) in [5.74, 6) is 1.08. The molecule has 0 saturated carbocycles. The number of aryl methyl sites for hydroxylation is 2. The van der Waals surface area contributed by atoms with Gasteiger partial charge in [0.25, 0.3) is 0 Å². The minimum atomic E-state index is 0.305. The van der Waals surface area contributed by atoms with Crippen LogP contribution in [-0.2, 0) is 17.6 Å². The van der Waals surface area contributed by atoms with Gasteiger partial charge in [0, 0.05) is 6.42 Å². The van der Waals surface area contributed by atoms with Crippen molar-refractivity contribution in [1.29, 1.82) is 0 Å². The van der Waals surface area contributed by atoms with Crippen molar-refractivity contribution in [3.8, 4) is 0 Å². The maximum atomic E-state index is 10.8. The minimum absolute atomic E-state index is 0.305. The van der Waals surface area contributed by atoms with Crippen molar-refractivity contribution >= 4 is 5.78 Å². The summed E-state index contributed by atoms with van der Waals surface area (Å²) in [4.78, 5) is 10.8. The molecule has 0 fully saturated rings. The number of benzene rings is 1. The fraction of sp³-hybridized carbons (Fsp3) is 0.588. The highest BCUT2D eigenvalue weighted by Crippen LogP contribution is 2.12. The second-order valence-electron chi connectivity index (χ2n) is 5.66. The van der Waals surface area contributed by atoms with E-state index < -0.39 is 0 Å². The van der Waals surface area contributed by atoms with Gasteiger partial charge in [-0.15, -0.1) is 0 Å². The van der Waals surface area contributed by atoms with E-state index in [1.165, 1.54) is 24.0 Å². The normalized spacial score (nSPS) is 10.9. The maximum absolute atomic E-state index is 10.8. The average molecular weight is 246 g/mol. The molecule has 0 bridgehead atoms. The SMILES string of the molecule is CC(=O)CCCCc1ccc(CCC(C)C)cc1. The summed E-state index contributed by atoms with van der Waals surface area (Å²) in [7, 11) is 0. The van der Waals surface area contributed by atoms with Crippen molar-refractivity contribution in [3.05, 3.63) is 35.4 Å². The van der Waals surface area contributed by atoms with Gasteiger partial charge in [-0.3, -0.25) is 0 Å². The Morgan fingerprint density at radius 3 is 2.06 bits per heavy atom. The Balaban J connectivity index is 2.29. The van der Waals surface area contributed by atoms with Crippen LogP contribution in [0.2, 0.25) is 0 Å². The first kappa shape index (κ1) is 14.9. The summed E-state index contributed by atoms with van der Waals surface area (Å²) in [6.07, 6.45) is 6.40. The average Bonchev–Trinajstić information content (AvgIpc) is 2.33. The largest absolute Gasteiger partial charge is 0.300 e. The Hall–Kier alpha value is -1.11.